The van der Waals surface area contributed by atoms with Crippen LogP contribution in [0, 0.1) is 0 Å². The maximum Gasteiger partial charge on any atom is 0.323 e. The van der Waals surface area contributed by atoms with Crippen LogP contribution in [0.4, 0.5) is 21.9 Å². The molecular weight excluding hydrogens is 342 g/mol. The molecule has 2 aromatic carbocycles. The van der Waals surface area contributed by atoms with Crippen LogP contribution in [0.2, 0.25) is 5.02 Å². The molecule has 1 aliphatic heterocycles. The molecule has 0 radical (unpaired) electrons. The van der Waals surface area contributed by atoms with Crippen LogP contribution in [0.15, 0.2) is 36.4 Å². The van der Waals surface area contributed by atoms with E-state index in [0.29, 0.717) is 35.0 Å². The van der Waals surface area contributed by atoms with Crippen LogP contribution in [0.5, 0.6) is 5.75 Å². The Hall–Kier alpha value is -2.73. The number of nitrogens with zero attached hydrogens (tertiary/aromatic N) is 1. The van der Waals surface area contributed by atoms with Gasteiger partial charge in [0.2, 0.25) is 5.91 Å². The van der Waals surface area contributed by atoms with Crippen molar-refractivity contribution in [3.05, 3.63) is 47.0 Å². The third kappa shape index (κ3) is 3.69. The summed E-state index contributed by atoms with van der Waals surface area (Å²) in [5, 5.41) is 6.01. The Morgan fingerprint density at radius 3 is 2.72 bits per heavy atom. The summed E-state index contributed by atoms with van der Waals surface area (Å²) in [6.07, 6.45) is 1.14. The summed E-state index contributed by atoms with van der Waals surface area (Å²) in [5.41, 5.74) is 3.04. The lowest BCUT2D eigenvalue weighted by Gasteiger charge is -2.26. The van der Waals surface area contributed by atoms with Crippen LogP contribution in [0.3, 0.4) is 0 Å². The molecule has 0 unspecified atom stereocenters. The monoisotopic (exact) mass is 359 g/mol. The maximum atomic E-state index is 12.3. The molecule has 2 N–H and O–H groups in total. The third-order valence-electron chi connectivity index (χ3n) is 4.09. The second-order valence-corrected chi connectivity index (χ2v) is 6.16. The van der Waals surface area contributed by atoms with E-state index in [2.05, 4.69) is 10.6 Å². The number of amides is 3. The van der Waals surface area contributed by atoms with Crippen LogP contribution in [-0.2, 0) is 11.2 Å². The van der Waals surface area contributed by atoms with Gasteiger partial charge in [0.1, 0.15) is 5.75 Å². The SMILES string of the molecule is COc1ccc(Cl)cc1NC(=O)Nc1ccc2c(c1)CCC(=O)N2C. The van der Waals surface area contributed by atoms with E-state index in [0.717, 1.165) is 11.3 Å². The summed E-state index contributed by atoms with van der Waals surface area (Å²) in [4.78, 5) is 25.6. The van der Waals surface area contributed by atoms with E-state index in [4.69, 9.17) is 16.3 Å². The lowest BCUT2D eigenvalue weighted by atomic mass is 10.0. The van der Waals surface area contributed by atoms with E-state index in [9.17, 15) is 9.59 Å². The summed E-state index contributed by atoms with van der Waals surface area (Å²) >= 11 is 5.96. The number of fused-ring (bicyclic) bond motifs is 1. The van der Waals surface area contributed by atoms with Crippen molar-refractivity contribution in [2.24, 2.45) is 0 Å². The highest BCUT2D eigenvalue weighted by Crippen LogP contribution is 2.30. The molecule has 1 aliphatic rings. The average Bonchev–Trinajstić information content (AvgIpc) is 2.58. The first-order chi connectivity index (χ1) is 12.0. The topological polar surface area (TPSA) is 70.7 Å². The van der Waals surface area contributed by atoms with Gasteiger partial charge in [-0.3, -0.25) is 4.79 Å². The molecule has 130 valence electrons. The van der Waals surface area contributed by atoms with Crippen molar-refractivity contribution >= 4 is 40.6 Å². The van der Waals surface area contributed by atoms with Gasteiger partial charge in [-0.15, -0.1) is 0 Å². The van der Waals surface area contributed by atoms with Crippen molar-refractivity contribution in [1.82, 2.24) is 0 Å². The van der Waals surface area contributed by atoms with Gasteiger partial charge in [-0.25, -0.2) is 4.79 Å². The van der Waals surface area contributed by atoms with Gasteiger partial charge in [0.25, 0.3) is 0 Å². The zero-order valence-electron chi connectivity index (χ0n) is 13.9. The summed E-state index contributed by atoms with van der Waals surface area (Å²) < 4.78 is 5.21. The van der Waals surface area contributed by atoms with Crippen LogP contribution in [0.25, 0.3) is 0 Å². The third-order valence-corrected chi connectivity index (χ3v) is 4.33. The maximum absolute atomic E-state index is 12.3. The molecule has 1 heterocycles. The van der Waals surface area contributed by atoms with Gasteiger partial charge in [-0.05, 0) is 48.4 Å². The molecule has 0 atom stereocenters. The number of hydrogen-bond donors (Lipinski definition) is 2. The Morgan fingerprint density at radius 1 is 1.16 bits per heavy atom. The quantitative estimate of drug-likeness (QED) is 0.873. The number of ether oxygens (including phenoxy) is 1. The average molecular weight is 360 g/mol. The first kappa shape index (κ1) is 17.1. The van der Waals surface area contributed by atoms with E-state index < -0.39 is 6.03 Å². The van der Waals surface area contributed by atoms with E-state index in [1.807, 2.05) is 12.1 Å². The lowest BCUT2D eigenvalue weighted by Crippen LogP contribution is -2.31. The standard InChI is InChI=1S/C18H18ClN3O3/c1-22-15-6-5-13(9-11(15)3-8-17(22)23)20-18(24)21-14-10-12(19)4-7-16(14)25-2/h4-7,9-10H,3,8H2,1-2H3,(H2,20,21,24). The molecule has 3 rings (SSSR count). The van der Waals surface area contributed by atoms with E-state index >= 15 is 0 Å². The summed E-state index contributed by atoms with van der Waals surface area (Å²) in [5.74, 6) is 0.615. The number of anilines is 3. The first-order valence-corrected chi connectivity index (χ1v) is 8.17. The van der Waals surface area contributed by atoms with Crippen molar-refractivity contribution in [1.29, 1.82) is 0 Å². The van der Waals surface area contributed by atoms with Crippen molar-refractivity contribution in [3.8, 4) is 5.75 Å². The Bertz CT molecular complexity index is 838. The van der Waals surface area contributed by atoms with Gasteiger partial charge in [-0.2, -0.15) is 0 Å². The number of rotatable bonds is 3. The smallest absolute Gasteiger partial charge is 0.323 e. The highest BCUT2D eigenvalue weighted by atomic mass is 35.5. The van der Waals surface area contributed by atoms with Crippen molar-refractivity contribution in [3.63, 3.8) is 0 Å². The van der Waals surface area contributed by atoms with Crippen molar-refractivity contribution < 1.29 is 14.3 Å². The molecule has 0 bridgehead atoms. The van der Waals surface area contributed by atoms with Crippen LogP contribution in [-0.4, -0.2) is 26.1 Å². The minimum Gasteiger partial charge on any atom is -0.495 e. The number of aryl methyl sites for hydroxylation is 1. The number of methoxy groups -OCH3 is 1. The van der Waals surface area contributed by atoms with Gasteiger partial charge >= 0.3 is 6.03 Å². The zero-order valence-corrected chi connectivity index (χ0v) is 14.7. The van der Waals surface area contributed by atoms with Crippen LogP contribution < -0.4 is 20.3 Å². The number of benzene rings is 2. The molecule has 25 heavy (non-hydrogen) atoms. The number of hydrogen-bond acceptors (Lipinski definition) is 3. The Kier molecular flexibility index (Phi) is 4.81. The van der Waals surface area contributed by atoms with E-state index in [-0.39, 0.29) is 5.91 Å². The minimum atomic E-state index is -0.402. The summed E-state index contributed by atoms with van der Waals surface area (Å²) in [6.45, 7) is 0. The van der Waals surface area contributed by atoms with Crippen molar-refractivity contribution in [2.45, 2.75) is 12.8 Å². The second kappa shape index (κ2) is 7.03. The fraction of sp³-hybridized carbons (Fsp3) is 0.222. The van der Waals surface area contributed by atoms with Gasteiger partial charge in [0.15, 0.2) is 0 Å². The van der Waals surface area contributed by atoms with Gasteiger partial charge < -0.3 is 20.3 Å². The zero-order chi connectivity index (χ0) is 18.0. The predicted octanol–water partition coefficient (Wildman–Crippen LogP) is 3.90. The highest BCUT2D eigenvalue weighted by molar-refractivity contribution is 6.31. The number of urea groups is 1. The molecule has 3 amide bonds. The van der Waals surface area contributed by atoms with Crippen LogP contribution in [0.1, 0.15) is 12.0 Å². The molecule has 0 spiro atoms. The summed E-state index contributed by atoms with van der Waals surface area (Å²) in [6, 6.07) is 10.1. The molecule has 0 aliphatic carbocycles. The molecule has 7 heteroatoms. The molecule has 0 saturated carbocycles. The van der Waals surface area contributed by atoms with Gasteiger partial charge in [-0.1, -0.05) is 11.6 Å². The van der Waals surface area contributed by atoms with Gasteiger partial charge in [0.05, 0.1) is 12.8 Å². The highest BCUT2D eigenvalue weighted by Gasteiger charge is 2.21. The first-order valence-electron chi connectivity index (χ1n) is 7.79. The fourth-order valence-electron chi connectivity index (χ4n) is 2.80. The van der Waals surface area contributed by atoms with Crippen LogP contribution >= 0.6 is 11.6 Å². The van der Waals surface area contributed by atoms with E-state index in [1.165, 1.54) is 7.11 Å². The molecule has 6 nitrogen and oxygen atoms in total. The molecule has 0 saturated heterocycles. The normalized spacial score (nSPS) is 13.2. The lowest BCUT2D eigenvalue weighted by molar-refractivity contribution is -0.118. The number of nitrogens with one attached hydrogen (secondary N) is 2. The number of carbonyl (C=O) groups excluding carboxylic acids is 2. The molecule has 0 fully saturated rings. The Labute approximate surface area is 150 Å². The number of carbonyl (C=O) groups is 2. The summed E-state index contributed by atoms with van der Waals surface area (Å²) in [7, 11) is 3.28. The fourth-order valence-corrected chi connectivity index (χ4v) is 2.97. The molecule has 2 aromatic rings. The van der Waals surface area contributed by atoms with Crippen molar-refractivity contribution in [2.75, 3.05) is 29.7 Å². The van der Waals surface area contributed by atoms with Gasteiger partial charge in [0, 0.05) is 29.9 Å². The molecule has 0 aromatic heterocycles. The second-order valence-electron chi connectivity index (χ2n) is 5.72. The largest absolute Gasteiger partial charge is 0.495 e. The van der Waals surface area contributed by atoms with E-state index in [1.54, 1.807) is 36.2 Å². The Morgan fingerprint density at radius 2 is 1.96 bits per heavy atom. The molecular formula is C18H18ClN3O3. The Balaban J connectivity index is 1.74. The number of halogens is 1. The predicted molar refractivity (Wildman–Crippen MR) is 98.8 cm³/mol. The minimum absolute atomic E-state index is 0.0963.